The van der Waals surface area contributed by atoms with Crippen molar-refractivity contribution in [3.63, 3.8) is 0 Å². The highest BCUT2D eigenvalue weighted by molar-refractivity contribution is 8.00. The third kappa shape index (κ3) is 5.54. The SMILES string of the molecule is C[C@H](Sc1ccc(Cl)cc1)C(=O)OCC(=O)Nc1ccccc1F. The molecule has 0 aliphatic heterocycles. The summed E-state index contributed by atoms with van der Waals surface area (Å²) in [4.78, 5) is 24.5. The van der Waals surface area contributed by atoms with E-state index in [2.05, 4.69) is 5.32 Å². The first kappa shape index (κ1) is 18.3. The molecule has 0 aliphatic rings. The fourth-order valence-electron chi connectivity index (χ4n) is 1.77. The number of amides is 1. The Morgan fingerprint density at radius 3 is 2.54 bits per heavy atom. The Bertz CT molecular complexity index is 724. The normalized spacial score (nSPS) is 11.6. The Morgan fingerprint density at radius 2 is 1.88 bits per heavy atom. The molecular formula is C17H15ClFNO3S. The number of hydrogen-bond acceptors (Lipinski definition) is 4. The topological polar surface area (TPSA) is 55.4 Å². The highest BCUT2D eigenvalue weighted by Gasteiger charge is 2.17. The van der Waals surface area contributed by atoms with Gasteiger partial charge in [0, 0.05) is 9.92 Å². The van der Waals surface area contributed by atoms with Crippen LogP contribution in [0.15, 0.2) is 53.4 Å². The van der Waals surface area contributed by atoms with Gasteiger partial charge in [-0.15, -0.1) is 11.8 Å². The van der Waals surface area contributed by atoms with Gasteiger partial charge in [-0.25, -0.2) is 4.39 Å². The van der Waals surface area contributed by atoms with Crippen molar-refractivity contribution < 1.29 is 18.7 Å². The number of halogens is 2. The smallest absolute Gasteiger partial charge is 0.319 e. The fraction of sp³-hybridized carbons (Fsp3) is 0.176. The molecule has 0 heterocycles. The van der Waals surface area contributed by atoms with Crippen LogP contribution in [0, 0.1) is 5.82 Å². The molecule has 1 atom stereocenters. The summed E-state index contributed by atoms with van der Waals surface area (Å²) < 4.78 is 18.4. The predicted molar refractivity (Wildman–Crippen MR) is 92.8 cm³/mol. The third-order valence-corrected chi connectivity index (χ3v) is 4.29. The van der Waals surface area contributed by atoms with Gasteiger partial charge in [0.05, 0.1) is 5.69 Å². The van der Waals surface area contributed by atoms with E-state index < -0.39 is 29.6 Å². The van der Waals surface area contributed by atoms with Crippen molar-refractivity contribution in [3.8, 4) is 0 Å². The molecule has 0 radical (unpaired) electrons. The summed E-state index contributed by atoms with van der Waals surface area (Å²) in [7, 11) is 0. The Kier molecular flexibility index (Phi) is 6.63. The predicted octanol–water partition coefficient (Wildman–Crippen LogP) is 4.14. The monoisotopic (exact) mass is 367 g/mol. The van der Waals surface area contributed by atoms with Crippen LogP contribution in [-0.2, 0) is 14.3 Å². The Labute approximate surface area is 148 Å². The van der Waals surface area contributed by atoms with E-state index in [4.69, 9.17) is 16.3 Å². The van der Waals surface area contributed by atoms with Crippen molar-refractivity contribution in [1.29, 1.82) is 0 Å². The molecule has 2 aromatic rings. The van der Waals surface area contributed by atoms with Crippen LogP contribution in [-0.4, -0.2) is 23.7 Å². The van der Waals surface area contributed by atoms with Gasteiger partial charge in [0.1, 0.15) is 11.1 Å². The minimum atomic E-state index is -0.600. The largest absolute Gasteiger partial charge is 0.455 e. The van der Waals surface area contributed by atoms with Crippen LogP contribution in [0.2, 0.25) is 5.02 Å². The van der Waals surface area contributed by atoms with E-state index in [1.807, 2.05) is 0 Å². The van der Waals surface area contributed by atoms with Crippen molar-refractivity contribution >= 4 is 40.9 Å². The van der Waals surface area contributed by atoms with E-state index in [1.54, 1.807) is 37.3 Å². The highest BCUT2D eigenvalue weighted by atomic mass is 35.5. The van der Waals surface area contributed by atoms with Gasteiger partial charge in [-0.3, -0.25) is 9.59 Å². The molecule has 24 heavy (non-hydrogen) atoms. The molecular weight excluding hydrogens is 353 g/mol. The minimum Gasteiger partial charge on any atom is -0.455 e. The summed E-state index contributed by atoms with van der Waals surface area (Å²) in [5.74, 6) is -1.68. The van der Waals surface area contributed by atoms with Crippen LogP contribution in [0.5, 0.6) is 0 Å². The zero-order chi connectivity index (χ0) is 17.5. The molecule has 0 saturated heterocycles. The molecule has 0 aliphatic carbocycles. The maximum absolute atomic E-state index is 13.4. The van der Waals surface area contributed by atoms with Crippen molar-refractivity contribution in [2.24, 2.45) is 0 Å². The van der Waals surface area contributed by atoms with Gasteiger partial charge in [-0.05, 0) is 43.3 Å². The summed E-state index contributed by atoms with van der Waals surface area (Å²) in [5.41, 5.74) is 0.0436. The van der Waals surface area contributed by atoms with Crippen LogP contribution >= 0.6 is 23.4 Å². The quantitative estimate of drug-likeness (QED) is 0.615. The van der Waals surface area contributed by atoms with Crippen molar-refractivity contribution in [2.75, 3.05) is 11.9 Å². The number of carbonyl (C=O) groups excluding carboxylic acids is 2. The van der Waals surface area contributed by atoms with Crippen molar-refractivity contribution in [1.82, 2.24) is 0 Å². The molecule has 7 heteroatoms. The number of esters is 1. The van der Waals surface area contributed by atoms with E-state index >= 15 is 0 Å². The van der Waals surface area contributed by atoms with Crippen molar-refractivity contribution in [3.05, 3.63) is 59.4 Å². The van der Waals surface area contributed by atoms with Gasteiger partial charge in [0.25, 0.3) is 5.91 Å². The summed E-state index contributed by atoms with van der Waals surface area (Å²) in [6.45, 7) is 1.20. The molecule has 0 bridgehead atoms. The Morgan fingerprint density at radius 1 is 1.21 bits per heavy atom. The standard InChI is InChI=1S/C17H15ClFNO3S/c1-11(24-13-8-6-12(18)7-9-13)17(22)23-10-16(21)20-15-5-3-2-4-14(15)19/h2-9,11H,10H2,1H3,(H,20,21)/t11-/m0/s1. The number of benzene rings is 2. The van der Waals surface area contributed by atoms with Crippen LogP contribution in [0.25, 0.3) is 0 Å². The van der Waals surface area contributed by atoms with Gasteiger partial charge < -0.3 is 10.1 Å². The second-order valence-corrected chi connectivity index (χ2v) is 6.70. The zero-order valence-corrected chi connectivity index (χ0v) is 14.4. The third-order valence-electron chi connectivity index (χ3n) is 2.95. The number of para-hydroxylation sites is 1. The van der Waals surface area contributed by atoms with Crippen LogP contribution in [0.4, 0.5) is 10.1 Å². The first-order valence-electron chi connectivity index (χ1n) is 7.09. The summed E-state index contributed by atoms with van der Waals surface area (Å²) in [6, 6.07) is 12.8. The van der Waals surface area contributed by atoms with Gasteiger partial charge in [0.2, 0.25) is 0 Å². The number of anilines is 1. The Hall–Kier alpha value is -2.05. The number of nitrogens with one attached hydrogen (secondary N) is 1. The number of hydrogen-bond donors (Lipinski definition) is 1. The highest BCUT2D eigenvalue weighted by Crippen LogP contribution is 2.25. The summed E-state index contributed by atoms with van der Waals surface area (Å²) in [6.07, 6.45) is 0. The van der Waals surface area contributed by atoms with Crippen LogP contribution in [0.1, 0.15) is 6.92 Å². The van der Waals surface area contributed by atoms with E-state index in [0.717, 1.165) is 4.90 Å². The molecule has 0 aromatic heterocycles. The van der Waals surface area contributed by atoms with Crippen molar-refractivity contribution in [2.45, 2.75) is 17.1 Å². The van der Waals surface area contributed by atoms with Crippen LogP contribution < -0.4 is 5.32 Å². The minimum absolute atomic E-state index is 0.0436. The number of thioether (sulfide) groups is 1. The molecule has 0 spiro atoms. The molecule has 2 rings (SSSR count). The van der Waals surface area contributed by atoms with E-state index in [9.17, 15) is 14.0 Å². The Balaban J connectivity index is 1.80. The number of carbonyl (C=O) groups is 2. The maximum Gasteiger partial charge on any atom is 0.319 e. The average Bonchev–Trinajstić information content (AvgIpc) is 2.57. The second-order valence-electron chi connectivity index (χ2n) is 4.85. The lowest BCUT2D eigenvalue weighted by Gasteiger charge is -2.11. The number of ether oxygens (including phenoxy) is 1. The van der Waals surface area contributed by atoms with Gasteiger partial charge in [-0.1, -0.05) is 23.7 Å². The molecule has 2 aromatic carbocycles. The molecule has 1 N–H and O–H groups in total. The van der Waals surface area contributed by atoms with Gasteiger partial charge in [0.15, 0.2) is 6.61 Å². The average molecular weight is 368 g/mol. The fourth-order valence-corrected chi connectivity index (χ4v) is 2.76. The molecule has 0 saturated carbocycles. The van der Waals surface area contributed by atoms with E-state index in [0.29, 0.717) is 5.02 Å². The second kappa shape index (κ2) is 8.70. The lowest BCUT2D eigenvalue weighted by atomic mass is 10.3. The first-order valence-corrected chi connectivity index (χ1v) is 8.34. The zero-order valence-electron chi connectivity index (χ0n) is 12.8. The molecule has 4 nitrogen and oxygen atoms in total. The molecule has 0 unspecified atom stereocenters. The van der Waals surface area contributed by atoms with Gasteiger partial charge in [-0.2, -0.15) is 0 Å². The van der Waals surface area contributed by atoms with Crippen LogP contribution in [0.3, 0.4) is 0 Å². The lowest BCUT2D eigenvalue weighted by Crippen LogP contribution is -2.25. The van der Waals surface area contributed by atoms with Gasteiger partial charge >= 0.3 is 5.97 Å². The number of rotatable bonds is 6. The molecule has 126 valence electrons. The molecule has 1 amide bonds. The van der Waals surface area contributed by atoms with E-state index in [1.165, 1.54) is 30.0 Å². The molecule has 0 fully saturated rings. The lowest BCUT2D eigenvalue weighted by molar-refractivity contribution is -0.146. The summed E-state index contributed by atoms with van der Waals surface area (Å²) >= 11 is 7.09. The maximum atomic E-state index is 13.4. The summed E-state index contributed by atoms with van der Waals surface area (Å²) in [5, 5.41) is 2.47. The first-order chi connectivity index (χ1) is 11.5. The van der Waals surface area contributed by atoms with E-state index in [-0.39, 0.29) is 5.69 Å².